The smallest absolute Gasteiger partial charge is 0.243 e. The Labute approximate surface area is 178 Å². The number of likely N-dealkylation sites (tertiary alicyclic amines) is 1. The van der Waals surface area contributed by atoms with Crippen molar-refractivity contribution in [2.75, 3.05) is 33.8 Å². The number of rotatable bonds is 9. The highest BCUT2D eigenvalue weighted by atomic mass is 32.2. The Balaban J connectivity index is 1.49. The number of hydrogen-bond donors (Lipinski definition) is 1. The summed E-state index contributed by atoms with van der Waals surface area (Å²) in [6.07, 6.45) is 2.54. The molecular formula is C22H29N3O4S. The number of carbonyl (C=O) groups is 1. The van der Waals surface area contributed by atoms with Gasteiger partial charge in [-0.05, 0) is 61.3 Å². The van der Waals surface area contributed by atoms with Gasteiger partial charge in [0.25, 0.3) is 0 Å². The summed E-state index contributed by atoms with van der Waals surface area (Å²) in [4.78, 5) is 14.8. The van der Waals surface area contributed by atoms with E-state index in [1.807, 2.05) is 12.1 Å². The Morgan fingerprint density at radius 3 is 2.23 bits per heavy atom. The molecule has 1 N–H and O–H groups in total. The van der Waals surface area contributed by atoms with Crippen LogP contribution in [0.25, 0.3) is 0 Å². The molecule has 0 bridgehead atoms. The fourth-order valence-electron chi connectivity index (χ4n) is 3.43. The second-order valence-corrected chi connectivity index (χ2v) is 9.56. The third kappa shape index (κ3) is 5.81. The third-order valence-electron chi connectivity index (χ3n) is 5.25. The van der Waals surface area contributed by atoms with Crippen LogP contribution in [0.2, 0.25) is 0 Å². The van der Waals surface area contributed by atoms with Crippen LogP contribution in [-0.4, -0.2) is 57.3 Å². The molecule has 3 rings (SSSR count). The minimum atomic E-state index is -3.75. The molecule has 1 aliphatic heterocycles. The molecule has 2 aromatic carbocycles. The summed E-state index contributed by atoms with van der Waals surface area (Å²) in [7, 11) is -0.837. The van der Waals surface area contributed by atoms with Crippen LogP contribution in [0.1, 0.15) is 24.0 Å². The topological polar surface area (TPSA) is 79.0 Å². The van der Waals surface area contributed by atoms with E-state index in [1.165, 1.54) is 44.7 Å². The zero-order valence-corrected chi connectivity index (χ0v) is 18.3. The van der Waals surface area contributed by atoms with Crippen molar-refractivity contribution in [2.45, 2.75) is 30.8 Å². The molecule has 0 spiro atoms. The first-order valence-electron chi connectivity index (χ1n) is 10.1. The Kier molecular flexibility index (Phi) is 7.47. The number of hydrogen-bond acceptors (Lipinski definition) is 5. The van der Waals surface area contributed by atoms with Gasteiger partial charge >= 0.3 is 0 Å². The van der Waals surface area contributed by atoms with E-state index in [4.69, 9.17) is 4.74 Å². The van der Waals surface area contributed by atoms with Crippen molar-refractivity contribution in [3.05, 3.63) is 59.7 Å². The molecule has 8 heteroatoms. The van der Waals surface area contributed by atoms with Gasteiger partial charge in [-0.2, -0.15) is 4.31 Å². The lowest BCUT2D eigenvalue weighted by molar-refractivity contribution is -0.121. The molecule has 1 saturated heterocycles. The Bertz CT molecular complexity index is 937. The van der Waals surface area contributed by atoms with Crippen molar-refractivity contribution >= 4 is 15.9 Å². The highest BCUT2D eigenvalue weighted by molar-refractivity contribution is 7.89. The average Bonchev–Trinajstić information content (AvgIpc) is 3.26. The largest absolute Gasteiger partial charge is 0.497 e. The lowest BCUT2D eigenvalue weighted by Gasteiger charge is -2.17. The van der Waals surface area contributed by atoms with Crippen molar-refractivity contribution in [2.24, 2.45) is 0 Å². The minimum Gasteiger partial charge on any atom is -0.497 e. The number of likely N-dealkylation sites (N-methyl/N-ethyl adjacent to an activating group) is 1. The maximum Gasteiger partial charge on any atom is 0.243 e. The normalized spacial score (nSPS) is 14.8. The molecule has 2 aromatic rings. The van der Waals surface area contributed by atoms with E-state index in [0.29, 0.717) is 12.3 Å². The summed E-state index contributed by atoms with van der Waals surface area (Å²) in [5.74, 6) is 0.219. The van der Waals surface area contributed by atoms with Gasteiger partial charge in [0.05, 0.1) is 18.6 Å². The van der Waals surface area contributed by atoms with Crippen molar-refractivity contribution in [1.29, 1.82) is 0 Å². The zero-order chi connectivity index (χ0) is 21.6. The number of carbonyl (C=O) groups excluding carboxylic acids is 1. The summed E-state index contributed by atoms with van der Waals surface area (Å²) >= 11 is 0. The van der Waals surface area contributed by atoms with E-state index in [1.54, 1.807) is 12.1 Å². The van der Waals surface area contributed by atoms with Crippen molar-refractivity contribution in [3.63, 3.8) is 0 Å². The number of benzene rings is 2. The summed E-state index contributed by atoms with van der Waals surface area (Å²) in [6.45, 7) is 3.39. The fourth-order valence-corrected chi connectivity index (χ4v) is 4.56. The van der Waals surface area contributed by atoms with Gasteiger partial charge in [-0.1, -0.05) is 24.3 Å². The van der Waals surface area contributed by atoms with Gasteiger partial charge in [0.15, 0.2) is 0 Å². The van der Waals surface area contributed by atoms with Gasteiger partial charge < -0.3 is 10.1 Å². The van der Waals surface area contributed by atoms with Crippen LogP contribution in [0.3, 0.4) is 0 Å². The van der Waals surface area contributed by atoms with Crippen LogP contribution in [0.15, 0.2) is 53.4 Å². The van der Waals surface area contributed by atoms with E-state index < -0.39 is 10.0 Å². The van der Waals surface area contributed by atoms with E-state index in [0.717, 1.165) is 29.5 Å². The predicted octanol–water partition coefficient (Wildman–Crippen LogP) is 2.23. The Hall–Kier alpha value is -2.42. The van der Waals surface area contributed by atoms with Gasteiger partial charge in [-0.15, -0.1) is 0 Å². The van der Waals surface area contributed by atoms with Gasteiger partial charge in [-0.3, -0.25) is 9.69 Å². The quantitative estimate of drug-likeness (QED) is 0.659. The number of sulfonamides is 1. The molecule has 162 valence electrons. The molecule has 0 saturated carbocycles. The highest BCUT2D eigenvalue weighted by Gasteiger charge is 2.23. The fraction of sp³-hybridized carbons (Fsp3) is 0.409. The summed E-state index contributed by atoms with van der Waals surface area (Å²) in [5.41, 5.74) is 2.24. The van der Waals surface area contributed by atoms with Crippen LogP contribution in [-0.2, 0) is 27.9 Å². The predicted molar refractivity (Wildman–Crippen MR) is 116 cm³/mol. The number of nitrogens with one attached hydrogen (secondary N) is 1. The molecule has 7 nitrogen and oxygen atoms in total. The van der Waals surface area contributed by atoms with E-state index in [9.17, 15) is 13.2 Å². The molecule has 1 fully saturated rings. The maximum absolute atomic E-state index is 12.6. The second-order valence-electron chi connectivity index (χ2n) is 7.51. The average molecular weight is 432 g/mol. The van der Waals surface area contributed by atoms with Gasteiger partial charge in [0.2, 0.25) is 15.9 Å². The van der Waals surface area contributed by atoms with Gasteiger partial charge in [-0.25, -0.2) is 8.42 Å². The lowest BCUT2D eigenvalue weighted by atomic mass is 10.1. The van der Waals surface area contributed by atoms with E-state index >= 15 is 0 Å². The summed E-state index contributed by atoms with van der Waals surface area (Å²) in [5, 5.41) is 2.79. The number of amides is 1. The summed E-state index contributed by atoms with van der Waals surface area (Å²) < 4.78 is 31.3. The molecule has 1 heterocycles. The molecule has 0 radical (unpaired) electrons. The van der Waals surface area contributed by atoms with E-state index in [-0.39, 0.29) is 17.3 Å². The molecule has 30 heavy (non-hydrogen) atoms. The van der Waals surface area contributed by atoms with Crippen LogP contribution in [0.4, 0.5) is 0 Å². The first-order chi connectivity index (χ1) is 14.4. The van der Waals surface area contributed by atoms with Crippen LogP contribution in [0.5, 0.6) is 5.75 Å². The summed E-state index contributed by atoms with van der Waals surface area (Å²) in [6, 6.07) is 14.3. The van der Waals surface area contributed by atoms with Crippen molar-refractivity contribution in [3.8, 4) is 5.75 Å². The van der Waals surface area contributed by atoms with Crippen molar-refractivity contribution in [1.82, 2.24) is 14.5 Å². The third-order valence-corrected chi connectivity index (χ3v) is 7.07. The molecule has 1 aliphatic rings. The first-order valence-corrected chi connectivity index (χ1v) is 11.5. The molecule has 0 aliphatic carbocycles. The minimum absolute atomic E-state index is 0.118. The van der Waals surface area contributed by atoms with Crippen molar-refractivity contribution < 1.29 is 17.9 Å². The molecule has 1 amide bonds. The Morgan fingerprint density at radius 1 is 1.03 bits per heavy atom. The lowest BCUT2D eigenvalue weighted by Crippen LogP contribution is -2.38. The SMILES string of the molecule is COc1ccc(S(=O)(=O)N(C)CC(=O)NCc2ccc(CN3CCCC3)cc2)cc1. The van der Waals surface area contributed by atoms with Crippen LogP contribution < -0.4 is 10.1 Å². The number of ether oxygens (including phenoxy) is 1. The zero-order valence-electron chi connectivity index (χ0n) is 17.5. The number of nitrogens with zero attached hydrogens (tertiary/aromatic N) is 2. The van der Waals surface area contributed by atoms with E-state index in [2.05, 4.69) is 22.3 Å². The van der Waals surface area contributed by atoms with Gasteiger partial charge in [0, 0.05) is 20.1 Å². The maximum atomic E-state index is 12.6. The second kappa shape index (κ2) is 10.1. The monoisotopic (exact) mass is 431 g/mol. The first kappa shape index (κ1) is 22.3. The molecular weight excluding hydrogens is 402 g/mol. The molecule has 0 unspecified atom stereocenters. The standard InChI is InChI=1S/C22H29N3O4S/c1-24(30(27,28)21-11-9-20(29-2)10-12-21)17-22(26)23-15-18-5-7-19(8-6-18)16-25-13-3-4-14-25/h5-12H,3-4,13-17H2,1-2H3,(H,23,26). The molecule has 0 atom stereocenters. The van der Waals surface area contributed by atoms with Gasteiger partial charge in [0.1, 0.15) is 5.75 Å². The Morgan fingerprint density at radius 2 is 1.63 bits per heavy atom. The number of methoxy groups -OCH3 is 1. The highest BCUT2D eigenvalue weighted by Crippen LogP contribution is 2.18. The van der Waals surface area contributed by atoms with Crippen LogP contribution >= 0.6 is 0 Å². The van der Waals surface area contributed by atoms with Crippen LogP contribution in [0, 0.1) is 0 Å². The molecule has 0 aromatic heterocycles.